The van der Waals surface area contributed by atoms with Gasteiger partial charge in [-0.1, -0.05) is 13.8 Å². The zero-order valence-corrected chi connectivity index (χ0v) is 11.3. The van der Waals surface area contributed by atoms with E-state index in [1.165, 1.54) is 6.92 Å². The van der Waals surface area contributed by atoms with E-state index in [1.807, 2.05) is 13.8 Å². The molecule has 0 unspecified atom stereocenters. The highest BCUT2D eigenvalue weighted by Gasteiger charge is 2.16. The van der Waals surface area contributed by atoms with Gasteiger partial charge in [0.2, 0.25) is 0 Å². The fourth-order valence-electron chi connectivity index (χ4n) is 1.55. The highest BCUT2D eigenvalue weighted by atomic mass is 16.5. The zero-order valence-electron chi connectivity index (χ0n) is 11.3. The molecular weight excluding hydrogens is 246 g/mol. The largest absolute Gasteiger partial charge is 0.427 e. The topological polar surface area (TPSA) is 75.6 Å². The van der Waals surface area contributed by atoms with Crippen LogP contribution in [0.5, 0.6) is 5.75 Å². The molecule has 0 aliphatic heterocycles. The van der Waals surface area contributed by atoms with Crippen molar-refractivity contribution in [1.82, 2.24) is 0 Å². The molecule has 1 aromatic carbocycles. The molecule has 5 nitrogen and oxygen atoms in total. The van der Waals surface area contributed by atoms with Crippen LogP contribution in [0.1, 0.15) is 27.2 Å². The second-order valence-electron chi connectivity index (χ2n) is 4.75. The number of ether oxygens (including phenoxy) is 1. The van der Waals surface area contributed by atoms with Gasteiger partial charge in [0.15, 0.2) is 0 Å². The predicted molar refractivity (Wildman–Crippen MR) is 71.8 cm³/mol. The fraction of sp³-hybridized carbons (Fsp3) is 0.429. The minimum absolute atomic E-state index is 0.243. The number of aliphatic hydroxyl groups excluding tert-OH is 1. The molecule has 2 N–H and O–H groups in total. The Bertz CT molecular complexity index is 439. The second kappa shape index (κ2) is 6.89. The number of amides is 1. The Morgan fingerprint density at radius 3 is 2.32 bits per heavy atom. The summed E-state index contributed by atoms with van der Waals surface area (Å²) in [5, 5.41) is 12.2. The lowest BCUT2D eigenvalue weighted by atomic mass is 10.1. The van der Waals surface area contributed by atoms with Gasteiger partial charge in [-0.25, -0.2) is 0 Å². The number of hydrogen-bond acceptors (Lipinski definition) is 4. The molecule has 0 aromatic heterocycles. The number of aliphatic hydroxyl groups is 1. The van der Waals surface area contributed by atoms with Crippen LogP contribution in [-0.4, -0.2) is 23.1 Å². The number of benzene rings is 1. The molecule has 1 atom stereocenters. The van der Waals surface area contributed by atoms with Crippen LogP contribution in [0.15, 0.2) is 24.3 Å². The number of carbonyl (C=O) groups excluding carboxylic acids is 2. The molecule has 0 saturated heterocycles. The number of nitrogens with one attached hydrogen (secondary N) is 1. The van der Waals surface area contributed by atoms with Crippen molar-refractivity contribution in [2.24, 2.45) is 5.92 Å². The number of rotatable bonds is 5. The van der Waals surface area contributed by atoms with Crippen LogP contribution in [0, 0.1) is 5.92 Å². The Morgan fingerprint density at radius 1 is 1.26 bits per heavy atom. The summed E-state index contributed by atoms with van der Waals surface area (Å²) in [5.74, 6) is -0.182. The standard InChI is InChI=1S/C14H19NO4/c1-9(2)8-13(17)14(18)15-11-4-6-12(7-5-11)19-10(3)16/h4-7,9,13,17H,8H2,1-3H3,(H,15,18)/t13-/m0/s1. The van der Waals surface area contributed by atoms with E-state index >= 15 is 0 Å². The van der Waals surface area contributed by atoms with E-state index in [4.69, 9.17) is 4.74 Å². The Balaban J connectivity index is 2.57. The van der Waals surface area contributed by atoms with Crippen LogP contribution in [-0.2, 0) is 9.59 Å². The van der Waals surface area contributed by atoms with Gasteiger partial charge in [-0.15, -0.1) is 0 Å². The smallest absolute Gasteiger partial charge is 0.308 e. The van der Waals surface area contributed by atoms with Crippen molar-refractivity contribution >= 4 is 17.6 Å². The first-order valence-electron chi connectivity index (χ1n) is 6.16. The predicted octanol–water partition coefficient (Wildman–Crippen LogP) is 1.96. The fourth-order valence-corrected chi connectivity index (χ4v) is 1.55. The van der Waals surface area contributed by atoms with Crippen LogP contribution in [0.4, 0.5) is 5.69 Å². The lowest BCUT2D eigenvalue weighted by Gasteiger charge is -2.13. The minimum Gasteiger partial charge on any atom is -0.427 e. The first-order chi connectivity index (χ1) is 8.88. The van der Waals surface area contributed by atoms with Crippen molar-refractivity contribution in [1.29, 1.82) is 0 Å². The molecule has 0 aliphatic carbocycles. The molecule has 0 fully saturated rings. The highest BCUT2D eigenvalue weighted by Crippen LogP contribution is 2.16. The number of esters is 1. The molecule has 0 radical (unpaired) electrons. The average molecular weight is 265 g/mol. The van der Waals surface area contributed by atoms with Gasteiger partial charge in [0.05, 0.1) is 0 Å². The van der Waals surface area contributed by atoms with E-state index in [2.05, 4.69) is 5.32 Å². The Kier molecular flexibility index (Phi) is 5.51. The molecule has 0 bridgehead atoms. The monoisotopic (exact) mass is 265 g/mol. The second-order valence-corrected chi connectivity index (χ2v) is 4.75. The first-order valence-corrected chi connectivity index (χ1v) is 6.16. The summed E-state index contributed by atoms with van der Waals surface area (Å²) in [6.45, 7) is 5.19. The van der Waals surface area contributed by atoms with E-state index in [9.17, 15) is 14.7 Å². The minimum atomic E-state index is -1.02. The van der Waals surface area contributed by atoms with Gasteiger partial charge >= 0.3 is 5.97 Å². The summed E-state index contributed by atoms with van der Waals surface area (Å²) < 4.78 is 4.87. The van der Waals surface area contributed by atoms with Crippen molar-refractivity contribution in [3.8, 4) is 5.75 Å². The normalized spacial score (nSPS) is 12.1. The molecule has 19 heavy (non-hydrogen) atoms. The van der Waals surface area contributed by atoms with Crippen molar-refractivity contribution in [3.05, 3.63) is 24.3 Å². The number of anilines is 1. The zero-order chi connectivity index (χ0) is 14.4. The average Bonchev–Trinajstić information content (AvgIpc) is 2.30. The molecule has 104 valence electrons. The van der Waals surface area contributed by atoms with E-state index in [0.717, 1.165) is 0 Å². The maximum absolute atomic E-state index is 11.7. The third-order valence-corrected chi connectivity index (χ3v) is 2.38. The summed E-state index contributed by atoms with van der Waals surface area (Å²) in [4.78, 5) is 22.4. The quantitative estimate of drug-likeness (QED) is 0.630. The Hall–Kier alpha value is -1.88. The lowest BCUT2D eigenvalue weighted by Crippen LogP contribution is -2.28. The van der Waals surface area contributed by atoms with Crippen molar-refractivity contribution < 1.29 is 19.4 Å². The molecule has 0 heterocycles. The molecule has 1 rings (SSSR count). The molecule has 5 heteroatoms. The SMILES string of the molecule is CC(=O)Oc1ccc(NC(=O)[C@@H](O)CC(C)C)cc1. The van der Waals surface area contributed by atoms with Gasteiger partial charge in [-0.3, -0.25) is 9.59 Å². The summed E-state index contributed by atoms with van der Waals surface area (Å²) in [5.41, 5.74) is 0.545. The highest BCUT2D eigenvalue weighted by molar-refractivity contribution is 5.94. The molecule has 1 amide bonds. The van der Waals surface area contributed by atoms with E-state index in [1.54, 1.807) is 24.3 Å². The van der Waals surface area contributed by atoms with E-state index < -0.39 is 18.0 Å². The van der Waals surface area contributed by atoms with Gasteiger partial charge in [0.1, 0.15) is 11.9 Å². The summed E-state index contributed by atoms with van der Waals surface area (Å²) in [7, 11) is 0. The summed E-state index contributed by atoms with van der Waals surface area (Å²) >= 11 is 0. The molecule has 0 aliphatic rings. The van der Waals surface area contributed by atoms with Crippen LogP contribution < -0.4 is 10.1 Å². The maximum Gasteiger partial charge on any atom is 0.308 e. The molecule has 0 saturated carbocycles. The van der Waals surface area contributed by atoms with E-state index in [-0.39, 0.29) is 5.92 Å². The summed E-state index contributed by atoms with van der Waals surface area (Å²) in [6.07, 6.45) is -0.606. The first kappa shape index (κ1) is 15.2. The van der Waals surface area contributed by atoms with Gasteiger partial charge in [0, 0.05) is 12.6 Å². The van der Waals surface area contributed by atoms with Gasteiger partial charge in [0.25, 0.3) is 5.91 Å². The summed E-state index contributed by atoms with van der Waals surface area (Å²) in [6, 6.07) is 6.37. The number of carbonyl (C=O) groups is 2. The molecule has 1 aromatic rings. The van der Waals surface area contributed by atoms with Crippen molar-refractivity contribution in [2.75, 3.05) is 5.32 Å². The number of hydrogen-bond donors (Lipinski definition) is 2. The van der Waals surface area contributed by atoms with Gasteiger partial charge in [-0.05, 0) is 36.6 Å². The van der Waals surface area contributed by atoms with Gasteiger partial charge in [-0.2, -0.15) is 0 Å². The maximum atomic E-state index is 11.7. The Labute approximate surface area is 112 Å². The Morgan fingerprint density at radius 2 is 1.84 bits per heavy atom. The molecular formula is C14H19NO4. The molecule has 0 spiro atoms. The lowest BCUT2D eigenvalue weighted by molar-refractivity contribution is -0.131. The van der Waals surface area contributed by atoms with Crippen LogP contribution >= 0.6 is 0 Å². The van der Waals surface area contributed by atoms with Crippen LogP contribution in [0.25, 0.3) is 0 Å². The van der Waals surface area contributed by atoms with Crippen molar-refractivity contribution in [2.45, 2.75) is 33.3 Å². The third kappa shape index (κ3) is 5.52. The third-order valence-electron chi connectivity index (χ3n) is 2.38. The van der Waals surface area contributed by atoms with Gasteiger partial charge < -0.3 is 15.2 Å². The van der Waals surface area contributed by atoms with E-state index in [0.29, 0.717) is 17.9 Å². The van der Waals surface area contributed by atoms with Crippen molar-refractivity contribution in [3.63, 3.8) is 0 Å². The van der Waals surface area contributed by atoms with Crippen LogP contribution in [0.3, 0.4) is 0 Å². The van der Waals surface area contributed by atoms with Crippen LogP contribution in [0.2, 0.25) is 0 Å².